The van der Waals surface area contributed by atoms with Crippen molar-refractivity contribution in [3.63, 3.8) is 0 Å². The number of carbonyl (C=O) groups excluding carboxylic acids is 1. The number of hydrogen-bond acceptors (Lipinski definition) is 3. The lowest BCUT2D eigenvalue weighted by Gasteiger charge is -2.11. The second-order valence-electron chi connectivity index (χ2n) is 5.63. The van der Waals surface area contributed by atoms with E-state index in [1.165, 1.54) is 0 Å². The van der Waals surface area contributed by atoms with Crippen LogP contribution in [0, 0.1) is 6.92 Å². The molecule has 2 N–H and O–H groups in total. The normalized spacial score (nSPS) is 10.1. The molecule has 0 aromatic heterocycles. The molecule has 0 aliphatic heterocycles. The van der Waals surface area contributed by atoms with Crippen LogP contribution in [0.15, 0.2) is 54.6 Å². The van der Waals surface area contributed by atoms with Gasteiger partial charge in [-0.3, -0.25) is 4.79 Å². The summed E-state index contributed by atoms with van der Waals surface area (Å²) in [6.07, 6.45) is 0. The summed E-state index contributed by atoms with van der Waals surface area (Å²) in [4.78, 5) is 12.1. The molecule has 4 nitrogen and oxygen atoms in total. The van der Waals surface area contributed by atoms with Crippen molar-refractivity contribution in [3.8, 4) is 5.75 Å². The third kappa shape index (κ3) is 5.63. The molecule has 0 radical (unpaired) electrons. The van der Waals surface area contributed by atoms with E-state index in [4.69, 9.17) is 16.3 Å². The average molecular weight is 345 g/mol. The summed E-state index contributed by atoms with van der Waals surface area (Å²) in [6.45, 7) is 8.25. The molecule has 0 aliphatic carbocycles. The van der Waals surface area contributed by atoms with Gasteiger partial charge in [0.15, 0.2) is 0 Å². The lowest BCUT2D eigenvalue weighted by atomic mass is 10.2. The molecule has 24 heavy (non-hydrogen) atoms. The lowest BCUT2D eigenvalue weighted by Crippen LogP contribution is -2.22. The zero-order valence-electron chi connectivity index (χ0n) is 13.9. The van der Waals surface area contributed by atoms with E-state index in [0.29, 0.717) is 23.1 Å². The zero-order valence-corrected chi connectivity index (χ0v) is 14.6. The molecule has 5 heteroatoms. The van der Waals surface area contributed by atoms with E-state index in [0.717, 1.165) is 16.8 Å². The minimum Gasteiger partial charge on any atom is -0.489 e. The third-order valence-electron chi connectivity index (χ3n) is 3.24. The highest BCUT2D eigenvalue weighted by atomic mass is 35.5. The number of benzene rings is 2. The number of amides is 1. The van der Waals surface area contributed by atoms with Gasteiger partial charge in [-0.15, -0.1) is 0 Å². The van der Waals surface area contributed by atoms with Crippen LogP contribution in [0.5, 0.6) is 5.75 Å². The number of ether oxygens (including phenoxy) is 1. The first-order chi connectivity index (χ1) is 11.4. The molecular weight excluding hydrogens is 324 g/mol. The molecule has 0 aliphatic rings. The van der Waals surface area contributed by atoms with Crippen molar-refractivity contribution < 1.29 is 9.53 Å². The monoisotopic (exact) mass is 344 g/mol. The van der Waals surface area contributed by atoms with Crippen molar-refractivity contribution in [1.29, 1.82) is 0 Å². The highest BCUT2D eigenvalue weighted by Crippen LogP contribution is 2.20. The van der Waals surface area contributed by atoms with Crippen LogP contribution in [0.25, 0.3) is 0 Å². The minimum atomic E-state index is -0.147. The van der Waals surface area contributed by atoms with Gasteiger partial charge in [-0.2, -0.15) is 0 Å². The van der Waals surface area contributed by atoms with Gasteiger partial charge in [0.1, 0.15) is 12.4 Å². The number of halogens is 1. The van der Waals surface area contributed by atoms with Gasteiger partial charge in [0.2, 0.25) is 5.91 Å². The largest absolute Gasteiger partial charge is 0.489 e. The quantitative estimate of drug-likeness (QED) is 0.718. The van der Waals surface area contributed by atoms with Crippen LogP contribution in [0.4, 0.5) is 11.4 Å². The van der Waals surface area contributed by atoms with Gasteiger partial charge < -0.3 is 15.4 Å². The summed E-state index contributed by atoms with van der Waals surface area (Å²) in [6, 6.07) is 12.8. The van der Waals surface area contributed by atoms with E-state index in [1.54, 1.807) is 12.1 Å². The van der Waals surface area contributed by atoms with E-state index < -0.39 is 0 Å². The average Bonchev–Trinajstić information content (AvgIpc) is 2.54. The number of hydrogen-bond donors (Lipinski definition) is 2. The van der Waals surface area contributed by atoms with E-state index in [-0.39, 0.29) is 12.5 Å². The predicted molar refractivity (Wildman–Crippen MR) is 100 cm³/mol. The van der Waals surface area contributed by atoms with Crippen LogP contribution >= 0.6 is 11.6 Å². The molecule has 0 heterocycles. The molecule has 2 aromatic rings. The molecule has 0 saturated carbocycles. The highest BCUT2D eigenvalue weighted by molar-refractivity contribution is 6.30. The zero-order chi connectivity index (χ0) is 17.5. The Hall–Kier alpha value is -2.46. The maximum Gasteiger partial charge on any atom is 0.243 e. The number of carbonyl (C=O) groups is 1. The number of rotatable bonds is 7. The fraction of sp³-hybridized carbons (Fsp3) is 0.211. The van der Waals surface area contributed by atoms with Crippen molar-refractivity contribution in [3.05, 3.63) is 65.2 Å². The fourth-order valence-electron chi connectivity index (χ4n) is 2.04. The van der Waals surface area contributed by atoms with Crippen molar-refractivity contribution in [2.75, 3.05) is 23.8 Å². The van der Waals surface area contributed by atoms with Gasteiger partial charge in [-0.05, 0) is 49.2 Å². The van der Waals surface area contributed by atoms with Crippen LogP contribution in [0.1, 0.15) is 12.5 Å². The van der Waals surface area contributed by atoms with Crippen LogP contribution < -0.4 is 15.4 Å². The molecule has 2 rings (SSSR count). The standard InChI is InChI=1S/C19H21ClN2O2/c1-13(2)12-24-17-6-4-5-16(10-17)22-19(23)11-21-18-9-15(20)8-7-14(18)3/h4-10,21H,1,11-12H2,2-3H3,(H,22,23). The molecule has 1 amide bonds. The van der Waals surface area contributed by atoms with Crippen molar-refractivity contribution in [1.82, 2.24) is 0 Å². The lowest BCUT2D eigenvalue weighted by molar-refractivity contribution is -0.114. The number of aryl methyl sites for hydroxylation is 1. The summed E-state index contributed by atoms with van der Waals surface area (Å²) in [5.41, 5.74) is 3.49. The van der Waals surface area contributed by atoms with E-state index in [9.17, 15) is 4.79 Å². The first-order valence-electron chi connectivity index (χ1n) is 7.61. The second kappa shape index (κ2) is 8.41. The Bertz CT molecular complexity index is 744. The van der Waals surface area contributed by atoms with Crippen LogP contribution in [-0.4, -0.2) is 19.1 Å². The molecule has 0 atom stereocenters. The Morgan fingerprint density at radius 2 is 2.04 bits per heavy atom. The van der Waals surface area contributed by atoms with Gasteiger partial charge >= 0.3 is 0 Å². The first kappa shape index (κ1) is 17.9. The molecule has 2 aromatic carbocycles. The van der Waals surface area contributed by atoms with Crippen molar-refractivity contribution in [2.45, 2.75) is 13.8 Å². The second-order valence-corrected chi connectivity index (χ2v) is 6.07. The summed E-state index contributed by atoms with van der Waals surface area (Å²) in [5.74, 6) is 0.542. The Balaban J connectivity index is 1.91. The molecule has 0 saturated heterocycles. The van der Waals surface area contributed by atoms with E-state index in [2.05, 4.69) is 17.2 Å². The predicted octanol–water partition coefficient (Wildman–Crippen LogP) is 4.65. The van der Waals surface area contributed by atoms with E-state index >= 15 is 0 Å². The minimum absolute atomic E-state index is 0.147. The Labute approximate surface area is 147 Å². The Morgan fingerprint density at radius 3 is 2.79 bits per heavy atom. The number of nitrogens with one attached hydrogen (secondary N) is 2. The topological polar surface area (TPSA) is 50.4 Å². The molecule has 0 spiro atoms. The summed E-state index contributed by atoms with van der Waals surface area (Å²) in [5, 5.41) is 6.56. The molecule has 0 fully saturated rings. The first-order valence-corrected chi connectivity index (χ1v) is 7.99. The van der Waals surface area contributed by atoms with Crippen LogP contribution in [-0.2, 0) is 4.79 Å². The van der Waals surface area contributed by atoms with E-state index in [1.807, 2.05) is 44.2 Å². The van der Waals surface area contributed by atoms with Crippen molar-refractivity contribution >= 4 is 28.9 Å². The number of anilines is 2. The van der Waals surface area contributed by atoms with Gasteiger partial charge in [0, 0.05) is 22.5 Å². The Kier molecular flexibility index (Phi) is 6.27. The summed E-state index contributed by atoms with van der Waals surface area (Å²) < 4.78 is 5.57. The third-order valence-corrected chi connectivity index (χ3v) is 3.48. The maximum absolute atomic E-state index is 12.1. The molecule has 0 bridgehead atoms. The highest BCUT2D eigenvalue weighted by Gasteiger charge is 2.05. The smallest absolute Gasteiger partial charge is 0.243 e. The van der Waals surface area contributed by atoms with Gasteiger partial charge in [0.05, 0.1) is 6.54 Å². The summed E-state index contributed by atoms with van der Waals surface area (Å²) in [7, 11) is 0. The summed E-state index contributed by atoms with van der Waals surface area (Å²) >= 11 is 5.97. The van der Waals surface area contributed by atoms with Gasteiger partial charge in [0.25, 0.3) is 0 Å². The van der Waals surface area contributed by atoms with Crippen LogP contribution in [0.3, 0.4) is 0 Å². The maximum atomic E-state index is 12.1. The molecule has 0 unspecified atom stereocenters. The van der Waals surface area contributed by atoms with Crippen molar-refractivity contribution in [2.24, 2.45) is 0 Å². The fourth-order valence-corrected chi connectivity index (χ4v) is 2.21. The van der Waals surface area contributed by atoms with Gasteiger partial charge in [-0.1, -0.05) is 30.3 Å². The van der Waals surface area contributed by atoms with Crippen LogP contribution in [0.2, 0.25) is 5.02 Å². The Morgan fingerprint density at radius 1 is 1.25 bits per heavy atom. The SMILES string of the molecule is C=C(C)COc1cccc(NC(=O)CNc2cc(Cl)ccc2C)c1. The molecular formula is C19H21ClN2O2. The molecule has 126 valence electrons. The van der Waals surface area contributed by atoms with Gasteiger partial charge in [-0.25, -0.2) is 0 Å².